The third kappa shape index (κ3) is 2.12. The molecule has 3 rings (SSSR count). The van der Waals surface area contributed by atoms with Gasteiger partial charge in [0, 0.05) is 5.69 Å². The minimum atomic E-state index is 0.282. The minimum absolute atomic E-state index is 0.282. The van der Waals surface area contributed by atoms with Crippen molar-refractivity contribution in [1.29, 1.82) is 0 Å². The number of benzene rings is 1. The van der Waals surface area contributed by atoms with Gasteiger partial charge in [-0.3, -0.25) is 0 Å². The highest BCUT2D eigenvalue weighted by atomic mass is 16.3. The second-order valence-electron chi connectivity index (χ2n) is 5.28. The smallest absolute Gasteiger partial charge is 0.115 e. The molecule has 1 atom stereocenters. The van der Waals surface area contributed by atoms with E-state index in [1.807, 2.05) is 16.8 Å². The first kappa shape index (κ1) is 12.2. The van der Waals surface area contributed by atoms with Crippen molar-refractivity contribution in [3.63, 3.8) is 0 Å². The van der Waals surface area contributed by atoms with Crippen molar-refractivity contribution in [3.05, 3.63) is 41.2 Å². The molecule has 1 aromatic heterocycles. The molecule has 0 amide bonds. The van der Waals surface area contributed by atoms with Crippen molar-refractivity contribution >= 4 is 0 Å². The van der Waals surface area contributed by atoms with Crippen molar-refractivity contribution in [3.8, 4) is 11.4 Å². The second kappa shape index (κ2) is 4.70. The van der Waals surface area contributed by atoms with Crippen LogP contribution in [0.25, 0.3) is 5.69 Å². The van der Waals surface area contributed by atoms with Crippen molar-refractivity contribution in [1.82, 2.24) is 9.78 Å². The summed E-state index contributed by atoms with van der Waals surface area (Å²) in [5.74, 6) is 0.869. The van der Waals surface area contributed by atoms with Gasteiger partial charge in [0.15, 0.2) is 0 Å². The molecule has 0 fully saturated rings. The maximum atomic E-state index is 9.37. The third-order valence-electron chi connectivity index (χ3n) is 4.00. The molecule has 2 aromatic rings. The number of nitrogens with two attached hydrogens (primary N) is 1. The lowest BCUT2D eigenvalue weighted by atomic mass is 9.86. The predicted molar refractivity (Wildman–Crippen MR) is 74.5 cm³/mol. The Morgan fingerprint density at radius 2 is 2.11 bits per heavy atom. The topological polar surface area (TPSA) is 64.1 Å². The molecule has 1 unspecified atom stereocenters. The lowest BCUT2D eigenvalue weighted by Gasteiger charge is -2.21. The number of aromatic hydroxyl groups is 1. The van der Waals surface area contributed by atoms with Crippen LogP contribution in [0.5, 0.6) is 5.75 Å². The van der Waals surface area contributed by atoms with Crippen LogP contribution in [0.15, 0.2) is 24.3 Å². The van der Waals surface area contributed by atoms with E-state index in [2.05, 4.69) is 12.0 Å². The Balaban J connectivity index is 2.03. The first-order valence-corrected chi connectivity index (χ1v) is 6.76. The fourth-order valence-electron chi connectivity index (χ4n) is 2.87. The number of phenolic OH excluding ortho intramolecular Hbond substituents is 1. The zero-order chi connectivity index (χ0) is 13.4. The van der Waals surface area contributed by atoms with E-state index < -0.39 is 0 Å². The molecule has 0 spiro atoms. The van der Waals surface area contributed by atoms with E-state index in [9.17, 15) is 5.11 Å². The summed E-state index contributed by atoms with van der Waals surface area (Å²) in [5, 5.41) is 14.0. The quantitative estimate of drug-likeness (QED) is 0.864. The molecule has 0 saturated heterocycles. The van der Waals surface area contributed by atoms with Crippen molar-refractivity contribution < 1.29 is 5.11 Å². The summed E-state index contributed by atoms with van der Waals surface area (Å²) in [7, 11) is 0. The first-order valence-electron chi connectivity index (χ1n) is 6.76. The molecule has 4 nitrogen and oxygen atoms in total. The van der Waals surface area contributed by atoms with Crippen LogP contribution in [-0.2, 0) is 12.8 Å². The number of nitrogens with zero attached hydrogens (tertiary/aromatic N) is 2. The molecule has 19 heavy (non-hydrogen) atoms. The lowest BCUT2D eigenvalue weighted by molar-refractivity contribution is 0.461. The van der Waals surface area contributed by atoms with Crippen molar-refractivity contribution in [2.24, 2.45) is 11.7 Å². The molecule has 1 aliphatic rings. The molecule has 100 valence electrons. The highest BCUT2D eigenvalue weighted by Crippen LogP contribution is 2.29. The number of hydrogen-bond donors (Lipinski definition) is 2. The summed E-state index contributed by atoms with van der Waals surface area (Å²) >= 11 is 0. The van der Waals surface area contributed by atoms with E-state index in [4.69, 9.17) is 5.73 Å². The zero-order valence-corrected chi connectivity index (χ0v) is 11.1. The molecule has 4 heteroatoms. The van der Waals surface area contributed by atoms with Gasteiger partial charge in [0.25, 0.3) is 0 Å². The van der Waals surface area contributed by atoms with Gasteiger partial charge in [0.05, 0.1) is 11.4 Å². The fourth-order valence-corrected chi connectivity index (χ4v) is 2.87. The number of hydrogen-bond acceptors (Lipinski definition) is 3. The van der Waals surface area contributed by atoms with Crippen LogP contribution in [0.3, 0.4) is 0 Å². The van der Waals surface area contributed by atoms with Gasteiger partial charge in [0.1, 0.15) is 5.75 Å². The van der Waals surface area contributed by atoms with Crippen LogP contribution < -0.4 is 5.73 Å². The highest BCUT2D eigenvalue weighted by molar-refractivity contribution is 5.41. The highest BCUT2D eigenvalue weighted by Gasteiger charge is 2.24. The van der Waals surface area contributed by atoms with Gasteiger partial charge in [-0.15, -0.1) is 0 Å². The number of aryl methyl sites for hydroxylation is 1. The van der Waals surface area contributed by atoms with Gasteiger partial charge in [-0.2, -0.15) is 5.10 Å². The largest absolute Gasteiger partial charge is 0.508 e. The van der Waals surface area contributed by atoms with Gasteiger partial charge in [-0.1, -0.05) is 0 Å². The monoisotopic (exact) mass is 257 g/mol. The predicted octanol–water partition coefficient (Wildman–Crippen LogP) is 1.95. The number of aromatic nitrogens is 2. The van der Waals surface area contributed by atoms with Gasteiger partial charge >= 0.3 is 0 Å². The lowest BCUT2D eigenvalue weighted by Crippen LogP contribution is -2.23. The van der Waals surface area contributed by atoms with E-state index in [0.29, 0.717) is 5.92 Å². The van der Waals surface area contributed by atoms with E-state index in [1.165, 1.54) is 11.3 Å². The molecule has 1 aliphatic carbocycles. The summed E-state index contributed by atoms with van der Waals surface area (Å²) < 4.78 is 2.01. The van der Waals surface area contributed by atoms with E-state index in [0.717, 1.165) is 37.2 Å². The van der Waals surface area contributed by atoms with E-state index >= 15 is 0 Å². The SMILES string of the molecule is Cc1nn(-c2ccc(O)cc2)c2c1CC(CN)CC2. The molecular weight excluding hydrogens is 238 g/mol. The number of rotatable bonds is 2. The maximum Gasteiger partial charge on any atom is 0.115 e. The van der Waals surface area contributed by atoms with Crippen LogP contribution in [0, 0.1) is 12.8 Å². The average Bonchev–Trinajstić information content (AvgIpc) is 2.76. The van der Waals surface area contributed by atoms with Crippen LogP contribution in [0.4, 0.5) is 0 Å². The molecule has 0 radical (unpaired) electrons. The van der Waals surface area contributed by atoms with Crippen LogP contribution in [0.2, 0.25) is 0 Å². The first-order chi connectivity index (χ1) is 9.19. The normalized spacial score (nSPS) is 18.3. The molecular formula is C15H19N3O. The standard InChI is InChI=1S/C15H19N3O/c1-10-14-8-11(9-16)2-7-15(14)18(17-10)12-3-5-13(19)6-4-12/h3-6,11,19H,2,7-9,16H2,1H3. The second-order valence-corrected chi connectivity index (χ2v) is 5.28. The van der Waals surface area contributed by atoms with Gasteiger partial charge in [0.2, 0.25) is 0 Å². The zero-order valence-electron chi connectivity index (χ0n) is 11.1. The van der Waals surface area contributed by atoms with E-state index in [-0.39, 0.29) is 5.75 Å². The molecule has 0 saturated carbocycles. The molecule has 1 heterocycles. The van der Waals surface area contributed by atoms with E-state index in [1.54, 1.807) is 12.1 Å². The number of phenols is 1. The Kier molecular flexibility index (Phi) is 3.03. The third-order valence-corrected chi connectivity index (χ3v) is 4.00. The Bertz CT molecular complexity index is 586. The molecule has 0 aliphatic heterocycles. The molecule has 0 bridgehead atoms. The minimum Gasteiger partial charge on any atom is -0.508 e. The Morgan fingerprint density at radius 1 is 1.37 bits per heavy atom. The summed E-state index contributed by atoms with van der Waals surface area (Å²) in [5.41, 5.74) is 10.6. The fraction of sp³-hybridized carbons (Fsp3) is 0.400. The Hall–Kier alpha value is -1.81. The average molecular weight is 257 g/mol. The van der Waals surface area contributed by atoms with Gasteiger partial charge < -0.3 is 10.8 Å². The summed E-state index contributed by atoms with van der Waals surface area (Å²) in [4.78, 5) is 0. The summed E-state index contributed by atoms with van der Waals surface area (Å²) in [6, 6.07) is 7.20. The summed E-state index contributed by atoms with van der Waals surface area (Å²) in [6.45, 7) is 2.82. The van der Waals surface area contributed by atoms with Gasteiger partial charge in [-0.05, 0) is 68.5 Å². The van der Waals surface area contributed by atoms with Crippen molar-refractivity contribution in [2.75, 3.05) is 6.54 Å². The Morgan fingerprint density at radius 3 is 2.79 bits per heavy atom. The van der Waals surface area contributed by atoms with Gasteiger partial charge in [-0.25, -0.2) is 4.68 Å². The van der Waals surface area contributed by atoms with Crippen LogP contribution in [-0.4, -0.2) is 21.4 Å². The Labute approximate surface area is 112 Å². The summed E-state index contributed by atoms with van der Waals surface area (Å²) in [6.07, 6.45) is 3.20. The van der Waals surface area contributed by atoms with Crippen LogP contribution in [0.1, 0.15) is 23.4 Å². The maximum absolute atomic E-state index is 9.37. The number of fused-ring (bicyclic) bond motifs is 1. The molecule has 1 aromatic carbocycles. The van der Waals surface area contributed by atoms with Crippen molar-refractivity contribution in [2.45, 2.75) is 26.2 Å². The van der Waals surface area contributed by atoms with Crippen LogP contribution >= 0.6 is 0 Å². The molecule has 3 N–H and O–H groups in total.